The molecule has 152 valence electrons. The van der Waals surface area contributed by atoms with Crippen LogP contribution in [0.5, 0.6) is 0 Å². The number of nitrogens with zero attached hydrogens (tertiary/aromatic N) is 5. The highest BCUT2D eigenvalue weighted by atomic mass is 32.2. The minimum atomic E-state index is 0.106. The lowest BCUT2D eigenvalue weighted by molar-refractivity contribution is -0.117. The summed E-state index contributed by atoms with van der Waals surface area (Å²) in [6.07, 6.45) is 1.98. The molecule has 10 heteroatoms. The number of fused-ring (bicyclic) bond motifs is 1. The lowest BCUT2D eigenvalue weighted by Crippen LogP contribution is -2.12. The number of aryl methyl sites for hydroxylation is 2. The Hall–Kier alpha value is -3.40. The van der Waals surface area contributed by atoms with Gasteiger partial charge in [0.1, 0.15) is 10.9 Å². The van der Waals surface area contributed by atoms with Crippen LogP contribution in [0.1, 0.15) is 24.4 Å². The normalized spacial score (nSPS) is 13.5. The van der Waals surface area contributed by atoms with Gasteiger partial charge in [-0.15, -0.1) is 5.10 Å². The molecule has 4 aromatic rings. The van der Waals surface area contributed by atoms with Crippen molar-refractivity contribution in [1.29, 1.82) is 0 Å². The van der Waals surface area contributed by atoms with Crippen molar-refractivity contribution in [3.05, 3.63) is 47.9 Å². The van der Waals surface area contributed by atoms with Crippen LogP contribution in [0, 0.1) is 19.8 Å². The Kier molecular flexibility index (Phi) is 4.62. The Balaban J connectivity index is 1.39. The summed E-state index contributed by atoms with van der Waals surface area (Å²) in [4.78, 5) is 22.1. The maximum absolute atomic E-state index is 11.9. The Morgan fingerprint density at radius 1 is 1.17 bits per heavy atom. The van der Waals surface area contributed by atoms with Gasteiger partial charge < -0.3 is 10.6 Å². The predicted molar refractivity (Wildman–Crippen MR) is 114 cm³/mol. The fraction of sp³-hybridized carbons (Fsp3) is 0.250. The third kappa shape index (κ3) is 3.99. The summed E-state index contributed by atoms with van der Waals surface area (Å²) in [5, 5.41) is 18.5. The smallest absolute Gasteiger partial charge is 0.232 e. The highest BCUT2D eigenvalue weighted by Crippen LogP contribution is 2.32. The number of hydrogen-bond acceptors (Lipinski definition) is 7. The lowest BCUT2D eigenvalue weighted by Gasteiger charge is -2.08. The van der Waals surface area contributed by atoms with E-state index in [2.05, 4.69) is 30.9 Å². The van der Waals surface area contributed by atoms with Gasteiger partial charge in [0.25, 0.3) is 0 Å². The fourth-order valence-electron chi connectivity index (χ4n) is 3.02. The minimum absolute atomic E-state index is 0.106. The zero-order valence-electron chi connectivity index (χ0n) is 16.5. The first-order valence-corrected chi connectivity index (χ1v) is 10.5. The number of carbonyl (C=O) groups excluding carboxylic acids is 1. The number of H-pyrrole nitrogens is 1. The van der Waals surface area contributed by atoms with Gasteiger partial charge in [-0.3, -0.25) is 9.89 Å². The molecule has 1 aliphatic carbocycles. The summed E-state index contributed by atoms with van der Waals surface area (Å²) in [6.45, 7) is 3.78. The largest absolute Gasteiger partial charge is 0.326 e. The molecular weight excluding hydrogens is 400 g/mol. The lowest BCUT2D eigenvalue weighted by atomic mass is 10.3. The molecule has 5 rings (SSSR count). The van der Waals surface area contributed by atoms with Crippen LogP contribution in [0.3, 0.4) is 0 Å². The number of rotatable bonds is 6. The Morgan fingerprint density at radius 3 is 2.67 bits per heavy atom. The molecule has 0 aliphatic heterocycles. The van der Waals surface area contributed by atoms with Gasteiger partial charge in [-0.05, 0) is 51.0 Å². The summed E-state index contributed by atoms with van der Waals surface area (Å²) in [5.41, 5.74) is 2.46. The molecule has 0 spiro atoms. The highest BCUT2D eigenvalue weighted by molar-refractivity contribution is 7.99. The van der Waals surface area contributed by atoms with Crippen molar-refractivity contribution >= 4 is 40.8 Å². The van der Waals surface area contributed by atoms with Gasteiger partial charge in [0.15, 0.2) is 11.5 Å². The molecule has 30 heavy (non-hydrogen) atoms. The number of aromatic amines is 1. The van der Waals surface area contributed by atoms with Crippen LogP contribution >= 0.6 is 11.8 Å². The second-order valence-corrected chi connectivity index (χ2v) is 8.39. The molecule has 3 aromatic heterocycles. The van der Waals surface area contributed by atoms with Crippen molar-refractivity contribution in [2.75, 3.05) is 10.6 Å². The van der Waals surface area contributed by atoms with Crippen LogP contribution in [0.15, 0.2) is 46.3 Å². The average molecular weight is 421 g/mol. The first kappa shape index (κ1) is 18.6. The molecule has 3 heterocycles. The Morgan fingerprint density at radius 2 is 1.97 bits per heavy atom. The van der Waals surface area contributed by atoms with Gasteiger partial charge in [-0.25, -0.2) is 9.97 Å². The number of nitrogens with one attached hydrogen (secondary N) is 3. The first-order chi connectivity index (χ1) is 14.5. The van der Waals surface area contributed by atoms with Crippen molar-refractivity contribution in [1.82, 2.24) is 29.8 Å². The minimum Gasteiger partial charge on any atom is -0.326 e. The van der Waals surface area contributed by atoms with Gasteiger partial charge in [0, 0.05) is 34.3 Å². The van der Waals surface area contributed by atoms with Crippen molar-refractivity contribution in [3.8, 4) is 0 Å². The van der Waals surface area contributed by atoms with E-state index in [1.54, 1.807) is 4.52 Å². The first-order valence-electron chi connectivity index (χ1n) is 9.66. The summed E-state index contributed by atoms with van der Waals surface area (Å²) >= 11 is 1.51. The second-order valence-electron chi connectivity index (χ2n) is 7.30. The van der Waals surface area contributed by atoms with Crippen LogP contribution in [-0.2, 0) is 4.79 Å². The van der Waals surface area contributed by atoms with E-state index in [1.807, 2.05) is 50.2 Å². The standard InChI is InChI=1S/C20H20N8OS/c1-11-9-16(26-25-11)23-20-24-18(10-17-21-12(2)27-28(17)20)30-15-7-5-14(6-8-15)22-19(29)13-3-4-13/h5-10,13H,3-4H2,1-2H3,(H,22,29)(H2,23,24,25,26). The molecule has 1 amide bonds. The molecule has 3 N–H and O–H groups in total. The summed E-state index contributed by atoms with van der Waals surface area (Å²) < 4.78 is 1.67. The molecule has 0 radical (unpaired) electrons. The average Bonchev–Trinajstić information content (AvgIpc) is 3.39. The zero-order chi connectivity index (χ0) is 20.7. The van der Waals surface area contributed by atoms with E-state index < -0.39 is 0 Å². The maximum Gasteiger partial charge on any atom is 0.232 e. The monoisotopic (exact) mass is 420 g/mol. The Labute approximate surface area is 176 Å². The molecule has 1 aliphatic rings. The number of amides is 1. The summed E-state index contributed by atoms with van der Waals surface area (Å²) in [6, 6.07) is 11.6. The van der Waals surface area contributed by atoms with E-state index in [1.165, 1.54) is 11.8 Å². The van der Waals surface area contributed by atoms with Gasteiger partial charge >= 0.3 is 0 Å². The summed E-state index contributed by atoms with van der Waals surface area (Å²) in [5.74, 6) is 2.15. The van der Waals surface area contributed by atoms with Gasteiger partial charge in [0.05, 0.1) is 0 Å². The number of aromatic nitrogens is 6. The van der Waals surface area contributed by atoms with Crippen LogP contribution < -0.4 is 10.6 Å². The Bertz CT molecular complexity index is 1230. The molecule has 9 nitrogen and oxygen atoms in total. The van der Waals surface area contributed by atoms with Gasteiger partial charge in [0.2, 0.25) is 11.9 Å². The van der Waals surface area contributed by atoms with Crippen molar-refractivity contribution < 1.29 is 4.79 Å². The molecule has 0 atom stereocenters. The molecule has 1 saturated carbocycles. The quantitative estimate of drug-likeness (QED) is 0.408. The van der Waals surface area contributed by atoms with Gasteiger partial charge in [-0.1, -0.05) is 11.8 Å². The maximum atomic E-state index is 11.9. The number of benzene rings is 1. The summed E-state index contributed by atoms with van der Waals surface area (Å²) in [7, 11) is 0. The number of carbonyl (C=O) groups is 1. The third-order valence-corrected chi connectivity index (χ3v) is 5.57. The molecule has 1 fully saturated rings. The predicted octanol–water partition coefficient (Wildman–Crippen LogP) is 3.71. The molecule has 0 bridgehead atoms. The van der Waals surface area contributed by atoms with E-state index in [0.29, 0.717) is 23.2 Å². The van der Waals surface area contributed by atoms with E-state index >= 15 is 0 Å². The third-order valence-electron chi connectivity index (χ3n) is 4.65. The van der Waals surface area contributed by atoms with E-state index in [0.717, 1.165) is 34.1 Å². The van der Waals surface area contributed by atoms with Crippen LogP contribution in [0.2, 0.25) is 0 Å². The number of anilines is 3. The van der Waals surface area contributed by atoms with Crippen molar-refractivity contribution in [2.45, 2.75) is 36.6 Å². The van der Waals surface area contributed by atoms with E-state index in [4.69, 9.17) is 4.98 Å². The molecule has 1 aromatic carbocycles. The number of hydrogen-bond donors (Lipinski definition) is 3. The second kappa shape index (κ2) is 7.45. The zero-order valence-corrected chi connectivity index (χ0v) is 17.3. The van der Waals surface area contributed by atoms with E-state index in [-0.39, 0.29) is 11.8 Å². The fourth-order valence-corrected chi connectivity index (χ4v) is 3.83. The topological polar surface area (TPSA) is 113 Å². The molecular formula is C20H20N8OS. The SMILES string of the molecule is Cc1nc2cc(Sc3ccc(NC(=O)C4CC4)cc3)nc(Nc3cc(C)[nH]n3)n2n1. The molecule has 0 saturated heterocycles. The van der Waals surface area contributed by atoms with Crippen LogP contribution in [0.4, 0.5) is 17.5 Å². The van der Waals surface area contributed by atoms with E-state index in [9.17, 15) is 4.79 Å². The highest BCUT2D eigenvalue weighted by Gasteiger charge is 2.29. The molecule has 0 unspecified atom stereocenters. The van der Waals surface area contributed by atoms with Crippen LogP contribution in [-0.4, -0.2) is 35.7 Å². The van der Waals surface area contributed by atoms with Crippen molar-refractivity contribution in [2.24, 2.45) is 5.92 Å². The van der Waals surface area contributed by atoms with Crippen LogP contribution in [0.25, 0.3) is 5.65 Å². The van der Waals surface area contributed by atoms with Crippen molar-refractivity contribution in [3.63, 3.8) is 0 Å². The van der Waals surface area contributed by atoms with Gasteiger partial charge in [-0.2, -0.15) is 9.61 Å².